The zero-order chi connectivity index (χ0) is 15.4. The number of hydrogen-bond acceptors (Lipinski definition) is 3. The molecular weight excluding hydrogens is 273 g/mol. The fraction of sp³-hybridized carbons (Fsp3) is 0.467. The summed E-state index contributed by atoms with van der Waals surface area (Å²) in [7, 11) is 0. The summed E-state index contributed by atoms with van der Waals surface area (Å²) in [6.07, 6.45) is 1.90. The van der Waals surface area contributed by atoms with Crippen molar-refractivity contribution in [2.45, 2.75) is 32.2 Å². The molecule has 0 bridgehead atoms. The van der Waals surface area contributed by atoms with Gasteiger partial charge < -0.3 is 16.0 Å². The minimum absolute atomic E-state index is 0.0281. The Morgan fingerprint density at radius 1 is 1.38 bits per heavy atom. The minimum atomic E-state index is -0.578. The maximum absolute atomic E-state index is 13.4. The number of hydrogen-bond donors (Lipinski definition) is 2. The largest absolute Gasteiger partial charge is 0.396 e. The molecule has 0 aliphatic carbocycles. The molecule has 1 aliphatic rings. The summed E-state index contributed by atoms with van der Waals surface area (Å²) in [4.78, 5) is 25.3. The van der Waals surface area contributed by atoms with Crippen molar-refractivity contribution in [1.82, 2.24) is 10.2 Å². The van der Waals surface area contributed by atoms with Gasteiger partial charge in [-0.25, -0.2) is 4.39 Å². The van der Waals surface area contributed by atoms with Gasteiger partial charge in [0.25, 0.3) is 5.91 Å². The molecule has 1 aliphatic heterocycles. The molecule has 114 valence electrons. The van der Waals surface area contributed by atoms with E-state index in [1.807, 2.05) is 6.92 Å². The highest BCUT2D eigenvalue weighted by Gasteiger charge is 2.24. The highest BCUT2D eigenvalue weighted by atomic mass is 19.1. The van der Waals surface area contributed by atoms with Gasteiger partial charge in [-0.2, -0.15) is 0 Å². The van der Waals surface area contributed by atoms with Crippen LogP contribution in [0.15, 0.2) is 18.2 Å². The number of carbonyl (C=O) groups excluding carboxylic acids is 2. The van der Waals surface area contributed by atoms with Gasteiger partial charge in [-0.15, -0.1) is 0 Å². The van der Waals surface area contributed by atoms with Crippen molar-refractivity contribution in [1.29, 1.82) is 0 Å². The number of piperidine rings is 1. The van der Waals surface area contributed by atoms with Crippen LogP contribution >= 0.6 is 0 Å². The molecule has 1 saturated heterocycles. The summed E-state index contributed by atoms with van der Waals surface area (Å²) < 4.78 is 13.4. The van der Waals surface area contributed by atoms with Gasteiger partial charge in [-0.05, 0) is 31.0 Å². The Morgan fingerprint density at radius 3 is 2.62 bits per heavy atom. The number of carbonyl (C=O) groups is 2. The van der Waals surface area contributed by atoms with Gasteiger partial charge in [0.15, 0.2) is 0 Å². The Kier molecular flexibility index (Phi) is 4.77. The summed E-state index contributed by atoms with van der Waals surface area (Å²) in [5.74, 6) is -0.750. The first-order chi connectivity index (χ1) is 10.0. The van der Waals surface area contributed by atoms with Gasteiger partial charge >= 0.3 is 0 Å². The molecule has 1 fully saturated rings. The number of rotatable bonds is 3. The van der Waals surface area contributed by atoms with Crippen molar-refractivity contribution in [2.75, 3.05) is 18.8 Å². The van der Waals surface area contributed by atoms with E-state index in [1.165, 1.54) is 18.2 Å². The van der Waals surface area contributed by atoms with E-state index in [0.29, 0.717) is 25.1 Å². The van der Waals surface area contributed by atoms with Crippen LogP contribution in [0.1, 0.15) is 36.5 Å². The molecule has 1 aromatic carbocycles. The third kappa shape index (κ3) is 3.71. The predicted molar refractivity (Wildman–Crippen MR) is 78.2 cm³/mol. The molecule has 3 N–H and O–H groups in total. The minimum Gasteiger partial charge on any atom is -0.396 e. The van der Waals surface area contributed by atoms with Gasteiger partial charge in [-0.3, -0.25) is 9.59 Å². The highest BCUT2D eigenvalue weighted by Crippen LogP contribution is 2.17. The lowest BCUT2D eigenvalue weighted by molar-refractivity contribution is -0.121. The molecule has 0 radical (unpaired) electrons. The second kappa shape index (κ2) is 6.56. The van der Waals surface area contributed by atoms with E-state index in [9.17, 15) is 14.0 Å². The van der Waals surface area contributed by atoms with Gasteiger partial charge in [-0.1, -0.05) is 6.92 Å². The van der Waals surface area contributed by atoms with Gasteiger partial charge in [0.05, 0.1) is 5.69 Å². The smallest absolute Gasteiger partial charge is 0.253 e. The number of amides is 2. The topological polar surface area (TPSA) is 75.4 Å². The van der Waals surface area contributed by atoms with E-state index in [4.69, 9.17) is 5.73 Å². The fourth-order valence-electron chi connectivity index (χ4n) is 2.40. The molecule has 0 spiro atoms. The maximum Gasteiger partial charge on any atom is 0.253 e. The van der Waals surface area contributed by atoms with Gasteiger partial charge in [0.1, 0.15) is 5.82 Å². The number of halogens is 1. The average molecular weight is 293 g/mol. The quantitative estimate of drug-likeness (QED) is 0.830. The molecule has 2 rings (SSSR count). The van der Waals surface area contributed by atoms with Crippen LogP contribution in [-0.4, -0.2) is 35.8 Å². The molecule has 0 aromatic heterocycles. The van der Waals surface area contributed by atoms with Gasteiger partial charge in [0.2, 0.25) is 5.91 Å². The van der Waals surface area contributed by atoms with E-state index in [0.717, 1.165) is 12.8 Å². The summed E-state index contributed by atoms with van der Waals surface area (Å²) in [6, 6.07) is 4.22. The lowest BCUT2D eigenvalue weighted by Crippen LogP contribution is -2.46. The second-order valence-electron chi connectivity index (χ2n) is 5.22. The number of anilines is 1. The standard InChI is InChI=1S/C15H20FN3O2/c1-2-14(20)18-11-5-7-19(8-6-11)15(21)10-3-4-13(17)12(16)9-10/h3-4,9,11H,2,5-8,17H2,1H3,(H,18,20). The first-order valence-electron chi connectivity index (χ1n) is 7.15. The lowest BCUT2D eigenvalue weighted by atomic mass is 10.0. The third-order valence-electron chi connectivity index (χ3n) is 3.72. The summed E-state index contributed by atoms with van der Waals surface area (Å²) in [5.41, 5.74) is 5.74. The molecule has 1 heterocycles. The Labute approximate surface area is 123 Å². The Morgan fingerprint density at radius 2 is 2.05 bits per heavy atom. The van der Waals surface area contributed by atoms with E-state index < -0.39 is 5.82 Å². The summed E-state index contributed by atoms with van der Waals surface area (Å²) >= 11 is 0. The molecule has 0 atom stereocenters. The second-order valence-corrected chi connectivity index (χ2v) is 5.22. The molecule has 1 aromatic rings. The molecular formula is C15H20FN3O2. The van der Waals surface area contributed by atoms with E-state index in [2.05, 4.69) is 5.32 Å². The van der Waals surface area contributed by atoms with Crippen molar-refractivity contribution in [3.8, 4) is 0 Å². The van der Waals surface area contributed by atoms with Crippen LogP contribution in [0.25, 0.3) is 0 Å². The Hall–Kier alpha value is -2.11. The molecule has 0 unspecified atom stereocenters. The van der Waals surface area contributed by atoms with Crippen molar-refractivity contribution < 1.29 is 14.0 Å². The summed E-state index contributed by atoms with van der Waals surface area (Å²) in [6.45, 7) is 2.92. The monoisotopic (exact) mass is 293 g/mol. The van der Waals surface area contributed by atoms with Crippen LogP contribution in [0.4, 0.5) is 10.1 Å². The van der Waals surface area contributed by atoms with Crippen molar-refractivity contribution >= 4 is 17.5 Å². The molecule has 0 saturated carbocycles. The normalized spacial score (nSPS) is 15.8. The number of nitrogens with one attached hydrogen (secondary N) is 1. The average Bonchev–Trinajstić information content (AvgIpc) is 2.50. The number of nitrogens with zero attached hydrogens (tertiary/aromatic N) is 1. The van der Waals surface area contributed by atoms with E-state index in [1.54, 1.807) is 4.90 Å². The molecule has 5 nitrogen and oxygen atoms in total. The van der Waals surface area contributed by atoms with Crippen molar-refractivity contribution in [2.24, 2.45) is 0 Å². The first kappa shape index (κ1) is 15.3. The van der Waals surface area contributed by atoms with Crippen LogP contribution in [0.2, 0.25) is 0 Å². The SMILES string of the molecule is CCC(=O)NC1CCN(C(=O)c2ccc(N)c(F)c2)CC1. The van der Waals surface area contributed by atoms with Crippen molar-refractivity contribution in [3.05, 3.63) is 29.6 Å². The third-order valence-corrected chi connectivity index (χ3v) is 3.72. The van der Waals surface area contributed by atoms with E-state index >= 15 is 0 Å². The Bertz CT molecular complexity index is 540. The number of nitrogens with two attached hydrogens (primary N) is 1. The summed E-state index contributed by atoms with van der Waals surface area (Å²) in [5, 5.41) is 2.93. The zero-order valence-electron chi connectivity index (χ0n) is 12.1. The highest BCUT2D eigenvalue weighted by molar-refractivity contribution is 5.94. The van der Waals surface area contributed by atoms with Crippen LogP contribution in [0.5, 0.6) is 0 Å². The fourth-order valence-corrected chi connectivity index (χ4v) is 2.40. The van der Waals surface area contributed by atoms with Crippen molar-refractivity contribution in [3.63, 3.8) is 0 Å². The van der Waals surface area contributed by atoms with Gasteiger partial charge in [0, 0.05) is 31.1 Å². The molecule has 6 heteroatoms. The van der Waals surface area contributed by atoms with Crippen LogP contribution in [-0.2, 0) is 4.79 Å². The number of likely N-dealkylation sites (tertiary alicyclic amines) is 1. The van der Waals surface area contributed by atoms with Crippen LogP contribution in [0, 0.1) is 5.82 Å². The number of nitrogen functional groups attached to an aromatic ring is 1. The van der Waals surface area contributed by atoms with E-state index in [-0.39, 0.29) is 23.5 Å². The maximum atomic E-state index is 13.4. The lowest BCUT2D eigenvalue weighted by Gasteiger charge is -2.32. The van der Waals surface area contributed by atoms with Crippen LogP contribution < -0.4 is 11.1 Å². The Balaban J connectivity index is 1.93. The van der Waals surface area contributed by atoms with Crippen LogP contribution in [0.3, 0.4) is 0 Å². The molecule has 21 heavy (non-hydrogen) atoms. The first-order valence-corrected chi connectivity index (χ1v) is 7.15. The number of benzene rings is 1. The zero-order valence-corrected chi connectivity index (χ0v) is 12.1. The predicted octanol–water partition coefficient (Wildman–Crippen LogP) is 1.54. The molecule has 2 amide bonds.